The molecule has 0 spiro atoms. The highest BCUT2D eigenvalue weighted by atomic mass is 19.4. The molecule has 3 nitrogen and oxygen atoms in total. The van der Waals surface area contributed by atoms with Gasteiger partial charge in [-0.25, -0.2) is 8.78 Å². The SMILES string of the molecule is Nc1nc(OC(F)(F)F)c(C(F)F)cc1C(F)(F)F. The van der Waals surface area contributed by atoms with Crippen LogP contribution in [0.15, 0.2) is 6.07 Å². The van der Waals surface area contributed by atoms with E-state index in [0.29, 0.717) is 0 Å². The van der Waals surface area contributed by atoms with E-state index in [4.69, 9.17) is 5.73 Å². The Bertz CT molecular complexity index is 467. The number of nitrogens with zero attached hydrogens (tertiary/aromatic N) is 1. The van der Waals surface area contributed by atoms with Crippen molar-refractivity contribution < 1.29 is 39.9 Å². The summed E-state index contributed by atoms with van der Waals surface area (Å²) in [6, 6.07) is -0.228. The second-order valence-corrected chi connectivity index (χ2v) is 3.16. The summed E-state index contributed by atoms with van der Waals surface area (Å²) in [6.07, 6.45) is -14.2. The number of pyridine rings is 1. The molecular weight excluding hydrogens is 292 g/mol. The number of hydrogen-bond donors (Lipinski definition) is 1. The Hall–Kier alpha value is -1.81. The molecule has 0 saturated heterocycles. The van der Waals surface area contributed by atoms with Crippen LogP contribution in [0.2, 0.25) is 0 Å². The van der Waals surface area contributed by atoms with Crippen LogP contribution in [-0.2, 0) is 6.18 Å². The summed E-state index contributed by atoms with van der Waals surface area (Å²) in [4.78, 5) is 2.58. The molecule has 0 amide bonds. The fourth-order valence-corrected chi connectivity index (χ4v) is 1.10. The Balaban J connectivity index is 3.38. The van der Waals surface area contributed by atoms with Crippen molar-refractivity contribution in [2.24, 2.45) is 0 Å². The highest BCUT2D eigenvalue weighted by Crippen LogP contribution is 2.39. The van der Waals surface area contributed by atoms with Crippen molar-refractivity contribution in [3.05, 3.63) is 17.2 Å². The van der Waals surface area contributed by atoms with Gasteiger partial charge in [-0.1, -0.05) is 0 Å². The lowest BCUT2D eigenvalue weighted by Crippen LogP contribution is -2.21. The number of alkyl halides is 8. The van der Waals surface area contributed by atoms with Gasteiger partial charge in [-0.05, 0) is 6.07 Å². The molecule has 1 aromatic rings. The Morgan fingerprint density at radius 1 is 1.11 bits per heavy atom. The van der Waals surface area contributed by atoms with Gasteiger partial charge < -0.3 is 10.5 Å². The first kappa shape index (κ1) is 15.2. The minimum Gasteiger partial charge on any atom is -0.387 e. The van der Waals surface area contributed by atoms with Crippen molar-refractivity contribution in [2.75, 3.05) is 5.73 Å². The van der Waals surface area contributed by atoms with Gasteiger partial charge in [0, 0.05) is 0 Å². The largest absolute Gasteiger partial charge is 0.574 e. The lowest BCUT2D eigenvalue weighted by Gasteiger charge is -2.15. The highest BCUT2D eigenvalue weighted by molar-refractivity contribution is 5.48. The summed E-state index contributed by atoms with van der Waals surface area (Å²) >= 11 is 0. The first-order valence-corrected chi connectivity index (χ1v) is 4.33. The van der Waals surface area contributed by atoms with Crippen LogP contribution in [0.25, 0.3) is 0 Å². The van der Waals surface area contributed by atoms with Crippen LogP contribution in [0.1, 0.15) is 17.6 Å². The molecule has 0 radical (unpaired) electrons. The van der Waals surface area contributed by atoms with E-state index in [9.17, 15) is 35.1 Å². The normalized spacial score (nSPS) is 12.9. The predicted molar refractivity (Wildman–Crippen MR) is 45.3 cm³/mol. The molecule has 2 N–H and O–H groups in total. The van der Waals surface area contributed by atoms with E-state index in [0.717, 1.165) is 0 Å². The molecule has 0 fully saturated rings. The molecule has 108 valence electrons. The molecule has 0 saturated carbocycles. The van der Waals surface area contributed by atoms with Crippen LogP contribution >= 0.6 is 0 Å². The number of hydrogen-bond acceptors (Lipinski definition) is 3. The molecule has 1 rings (SSSR count). The van der Waals surface area contributed by atoms with Gasteiger partial charge in [-0.2, -0.15) is 18.2 Å². The Labute approximate surface area is 99.5 Å². The third-order valence-corrected chi connectivity index (χ3v) is 1.80. The molecule has 19 heavy (non-hydrogen) atoms. The predicted octanol–water partition coefficient (Wildman–Crippen LogP) is 3.52. The van der Waals surface area contributed by atoms with Gasteiger partial charge in [-0.3, -0.25) is 0 Å². The Morgan fingerprint density at radius 3 is 2.00 bits per heavy atom. The molecule has 0 aliphatic rings. The summed E-state index contributed by atoms with van der Waals surface area (Å²) in [5.74, 6) is -3.11. The zero-order chi connectivity index (χ0) is 15.0. The first-order valence-electron chi connectivity index (χ1n) is 4.33. The molecule has 1 aromatic heterocycles. The molecule has 11 heteroatoms. The van der Waals surface area contributed by atoms with Crippen LogP contribution in [-0.4, -0.2) is 11.3 Å². The average molecular weight is 296 g/mol. The van der Waals surface area contributed by atoms with E-state index in [1.807, 2.05) is 0 Å². The van der Waals surface area contributed by atoms with Gasteiger partial charge in [0.15, 0.2) is 0 Å². The van der Waals surface area contributed by atoms with Crippen LogP contribution in [0.5, 0.6) is 5.88 Å². The van der Waals surface area contributed by atoms with Crippen molar-refractivity contribution in [3.8, 4) is 5.88 Å². The third-order valence-electron chi connectivity index (χ3n) is 1.80. The minimum atomic E-state index is -5.39. The highest BCUT2D eigenvalue weighted by Gasteiger charge is 2.39. The fraction of sp³-hybridized carbons (Fsp3) is 0.375. The number of nitrogen functional groups attached to an aromatic ring is 1. The average Bonchev–Trinajstić information content (AvgIpc) is 2.11. The van der Waals surface area contributed by atoms with E-state index in [1.165, 1.54) is 0 Å². The number of halogens is 8. The van der Waals surface area contributed by atoms with Gasteiger partial charge in [0.2, 0.25) is 5.88 Å². The number of nitrogens with two attached hydrogens (primary N) is 1. The molecule has 0 bridgehead atoms. The summed E-state index contributed by atoms with van der Waals surface area (Å²) in [7, 11) is 0. The third kappa shape index (κ3) is 3.83. The van der Waals surface area contributed by atoms with Crippen LogP contribution in [0.3, 0.4) is 0 Å². The smallest absolute Gasteiger partial charge is 0.387 e. The maximum atomic E-state index is 12.4. The van der Waals surface area contributed by atoms with Crippen LogP contribution in [0, 0.1) is 0 Å². The quantitative estimate of drug-likeness (QED) is 0.849. The summed E-state index contributed by atoms with van der Waals surface area (Å²) in [5.41, 5.74) is 1.35. The summed E-state index contributed by atoms with van der Waals surface area (Å²) in [6.45, 7) is 0. The van der Waals surface area contributed by atoms with Crippen LogP contribution < -0.4 is 10.5 Å². The molecule has 1 heterocycles. The number of anilines is 1. The van der Waals surface area contributed by atoms with Crippen molar-refractivity contribution in [2.45, 2.75) is 19.0 Å². The number of aromatic nitrogens is 1. The monoisotopic (exact) mass is 296 g/mol. The second kappa shape index (κ2) is 4.70. The van der Waals surface area contributed by atoms with E-state index >= 15 is 0 Å². The lowest BCUT2D eigenvalue weighted by atomic mass is 10.1. The maximum absolute atomic E-state index is 12.4. The van der Waals surface area contributed by atoms with Gasteiger partial charge in [0.25, 0.3) is 6.43 Å². The van der Waals surface area contributed by atoms with Gasteiger partial charge in [0.05, 0.1) is 11.1 Å². The van der Waals surface area contributed by atoms with E-state index in [2.05, 4.69) is 9.72 Å². The molecule has 0 aromatic carbocycles. The standard InChI is InChI=1S/C8H4F8N2O/c9-4(10)2-1-3(7(11,12)13)5(17)18-6(2)19-8(14,15)16/h1,4H,(H2,17,18). The zero-order valence-electron chi connectivity index (χ0n) is 8.61. The van der Waals surface area contributed by atoms with E-state index < -0.39 is 41.8 Å². The number of ether oxygens (including phenoxy) is 1. The minimum absolute atomic E-state index is 0.228. The van der Waals surface area contributed by atoms with Gasteiger partial charge >= 0.3 is 12.5 Å². The summed E-state index contributed by atoms with van der Waals surface area (Å²) < 4.78 is 101. The second-order valence-electron chi connectivity index (χ2n) is 3.16. The topological polar surface area (TPSA) is 48.1 Å². The lowest BCUT2D eigenvalue weighted by molar-refractivity contribution is -0.276. The van der Waals surface area contributed by atoms with E-state index in [-0.39, 0.29) is 6.07 Å². The van der Waals surface area contributed by atoms with Crippen molar-refractivity contribution >= 4 is 5.82 Å². The van der Waals surface area contributed by atoms with Crippen molar-refractivity contribution in [1.82, 2.24) is 4.98 Å². The first-order chi connectivity index (χ1) is 8.42. The van der Waals surface area contributed by atoms with Crippen molar-refractivity contribution in [3.63, 3.8) is 0 Å². The fourth-order valence-electron chi connectivity index (χ4n) is 1.10. The van der Waals surface area contributed by atoms with Gasteiger partial charge in [-0.15, -0.1) is 13.2 Å². The van der Waals surface area contributed by atoms with E-state index in [1.54, 1.807) is 0 Å². The van der Waals surface area contributed by atoms with Gasteiger partial charge in [0.1, 0.15) is 5.82 Å². The summed E-state index contributed by atoms with van der Waals surface area (Å²) in [5, 5.41) is 0. The Morgan fingerprint density at radius 2 is 1.63 bits per heavy atom. The number of rotatable bonds is 2. The molecule has 0 aliphatic carbocycles. The molecule has 0 aliphatic heterocycles. The zero-order valence-corrected chi connectivity index (χ0v) is 8.61. The molecule has 0 atom stereocenters. The Kier molecular flexibility index (Phi) is 3.77. The maximum Gasteiger partial charge on any atom is 0.574 e. The van der Waals surface area contributed by atoms with Crippen LogP contribution in [0.4, 0.5) is 40.9 Å². The molecular formula is C8H4F8N2O. The molecule has 0 unspecified atom stereocenters. The van der Waals surface area contributed by atoms with Crippen molar-refractivity contribution in [1.29, 1.82) is 0 Å².